The number of ether oxygens (including phenoxy) is 1. The third kappa shape index (κ3) is 5.72. The standard InChI is InChI=1S/C24H24FNO5/c1-15-13-21(27)23(24(29)31-15)20(17-5-9-19(30-2)10-6-17)14-22(28)26-12-11-16-3-7-18(25)8-4-16/h3-10,13,20,27H,11-12,14H2,1-2H3,(H,26,28)/t20-/m1/s1. The maximum absolute atomic E-state index is 13.0. The van der Waals surface area contributed by atoms with E-state index in [9.17, 15) is 19.1 Å². The van der Waals surface area contributed by atoms with Crippen LogP contribution in [-0.4, -0.2) is 24.7 Å². The monoisotopic (exact) mass is 425 g/mol. The van der Waals surface area contributed by atoms with Gasteiger partial charge < -0.3 is 19.6 Å². The van der Waals surface area contributed by atoms with Gasteiger partial charge in [-0.2, -0.15) is 0 Å². The SMILES string of the molecule is COc1ccc([C@@H](CC(=O)NCCc2ccc(F)cc2)c2c(O)cc(C)oc2=O)cc1. The molecule has 2 N–H and O–H groups in total. The highest BCUT2D eigenvalue weighted by Crippen LogP contribution is 2.33. The molecule has 0 unspecified atom stereocenters. The largest absolute Gasteiger partial charge is 0.507 e. The van der Waals surface area contributed by atoms with Gasteiger partial charge in [-0.3, -0.25) is 4.79 Å². The summed E-state index contributed by atoms with van der Waals surface area (Å²) in [7, 11) is 1.54. The predicted octanol–water partition coefficient (Wildman–Crippen LogP) is 3.68. The van der Waals surface area contributed by atoms with E-state index in [1.165, 1.54) is 18.2 Å². The van der Waals surface area contributed by atoms with Crippen molar-refractivity contribution in [2.45, 2.75) is 25.7 Å². The van der Waals surface area contributed by atoms with Crippen molar-refractivity contribution in [2.75, 3.05) is 13.7 Å². The van der Waals surface area contributed by atoms with E-state index in [1.54, 1.807) is 50.4 Å². The summed E-state index contributed by atoms with van der Waals surface area (Å²) in [5.74, 6) is -0.605. The first-order valence-electron chi connectivity index (χ1n) is 9.86. The Morgan fingerprint density at radius 2 is 1.84 bits per heavy atom. The quantitative estimate of drug-likeness (QED) is 0.575. The van der Waals surface area contributed by atoms with Crippen LogP contribution < -0.4 is 15.7 Å². The van der Waals surface area contributed by atoms with Gasteiger partial charge in [0, 0.05) is 24.9 Å². The number of hydrogen-bond donors (Lipinski definition) is 2. The molecule has 7 heteroatoms. The summed E-state index contributed by atoms with van der Waals surface area (Å²) in [5, 5.41) is 13.2. The number of carbonyl (C=O) groups is 1. The first kappa shape index (κ1) is 22.1. The molecule has 0 spiro atoms. The number of methoxy groups -OCH3 is 1. The number of hydrogen-bond acceptors (Lipinski definition) is 5. The number of rotatable bonds is 8. The summed E-state index contributed by atoms with van der Waals surface area (Å²) in [5.41, 5.74) is 0.910. The lowest BCUT2D eigenvalue weighted by Gasteiger charge is -2.18. The Morgan fingerprint density at radius 1 is 1.16 bits per heavy atom. The molecule has 0 fully saturated rings. The molecule has 162 valence electrons. The molecule has 1 heterocycles. The normalized spacial score (nSPS) is 11.7. The van der Waals surface area contributed by atoms with Crippen LogP contribution in [0.5, 0.6) is 11.5 Å². The van der Waals surface area contributed by atoms with Gasteiger partial charge in [0.2, 0.25) is 5.91 Å². The van der Waals surface area contributed by atoms with E-state index in [1.807, 2.05) is 0 Å². The second kappa shape index (κ2) is 9.93. The van der Waals surface area contributed by atoms with E-state index < -0.39 is 11.5 Å². The van der Waals surface area contributed by atoms with Crippen LogP contribution in [0.15, 0.2) is 63.8 Å². The van der Waals surface area contributed by atoms with Gasteiger partial charge >= 0.3 is 5.63 Å². The molecule has 0 bridgehead atoms. The molecule has 1 amide bonds. The fourth-order valence-corrected chi connectivity index (χ4v) is 3.40. The summed E-state index contributed by atoms with van der Waals surface area (Å²) < 4.78 is 23.3. The topological polar surface area (TPSA) is 88.8 Å². The van der Waals surface area contributed by atoms with Crippen LogP contribution in [-0.2, 0) is 11.2 Å². The summed E-state index contributed by atoms with van der Waals surface area (Å²) in [6.45, 7) is 1.92. The fraction of sp³-hybridized carbons (Fsp3) is 0.250. The average molecular weight is 425 g/mol. The van der Waals surface area contributed by atoms with Gasteiger partial charge in [-0.15, -0.1) is 0 Å². The number of carbonyl (C=O) groups excluding carboxylic acids is 1. The number of nitrogens with one attached hydrogen (secondary N) is 1. The molecule has 31 heavy (non-hydrogen) atoms. The minimum Gasteiger partial charge on any atom is -0.507 e. The van der Waals surface area contributed by atoms with Crippen LogP contribution in [0, 0.1) is 12.7 Å². The van der Waals surface area contributed by atoms with E-state index in [0.717, 1.165) is 5.56 Å². The van der Waals surface area contributed by atoms with Gasteiger partial charge in [-0.25, -0.2) is 9.18 Å². The molecule has 6 nitrogen and oxygen atoms in total. The van der Waals surface area contributed by atoms with Gasteiger partial charge in [0.05, 0.1) is 12.7 Å². The van der Waals surface area contributed by atoms with E-state index in [-0.39, 0.29) is 35.2 Å². The van der Waals surface area contributed by atoms with Crippen LogP contribution in [0.3, 0.4) is 0 Å². The van der Waals surface area contributed by atoms with Gasteiger partial charge in [-0.1, -0.05) is 24.3 Å². The number of aromatic hydroxyl groups is 1. The van der Waals surface area contributed by atoms with Gasteiger partial charge in [0.25, 0.3) is 0 Å². The van der Waals surface area contributed by atoms with Crippen LogP contribution >= 0.6 is 0 Å². The number of benzene rings is 2. The maximum Gasteiger partial charge on any atom is 0.343 e. The van der Waals surface area contributed by atoms with Crippen molar-refractivity contribution in [3.8, 4) is 11.5 Å². The molecule has 1 atom stereocenters. The molecule has 3 aromatic rings. The van der Waals surface area contributed by atoms with Gasteiger partial charge in [0.15, 0.2) is 0 Å². The number of halogens is 1. The predicted molar refractivity (Wildman–Crippen MR) is 114 cm³/mol. The third-order valence-electron chi connectivity index (χ3n) is 4.99. The minimum atomic E-state index is -0.700. The molecule has 2 aromatic carbocycles. The van der Waals surface area contributed by atoms with Crippen molar-refractivity contribution in [1.82, 2.24) is 5.32 Å². The summed E-state index contributed by atoms with van der Waals surface area (Å²) in [4.78, 5) is 25.1. The highest BCUT2D eigenvalue weighted by atomic mass is 19.1. The van der Waals surface area contributed by atoms with Crippen molar-refractivity contribution in [2.24, 2.45) is 0 Å². The lowest BCUT2D eigenvalue weighted by atomic mass is 9.88. The molecule has 0 aliphatic rings. The molecule has 0 radical (unpaired) electrons. The van der Waals surface area contributed by atoms with Gasteiger partial charge in [-0.05, 0) is 48.7 Å². The van der Waals surface area contributed by atoms with Crippen molar-refractivity contribution in [1.29, 1.82) is 0 Å². The van der Waals surface area contributed by atoms with E-state index >= 15 is 0 Å². The van der Waals surface area contributed by atoms with Crippen LogP contribution in [0.25, 0.3) is 0 Å². The first-order valence-corrected chi connectivity index (χ1v) is 9.86. The molecule has 0 saturated carbocycles. The fourth-order valence-electron chi connectivity index (χ4n) is 3.40. The Bertz CT molecular complexity index is 1090. The molecular weight excluding hydrogens is 401 g/mol. The zero-order chi connectivity index (χ0) is 22.4. The molecule has 1 aromatic heterocycles. The molecule has 0 aliphatic carbocycles. The smallest absolute Gasteiger partial charge is 0.343 e. The van der Waals surface area contributed by atoms with E-state index in [4.69, 9.17) is 9.15 Å². The number of amides is 1. The van der Waals surface area contributed by atoms with E-state index in [0.29, 0.717) is 24.3 Å². The Balaban J connectivity index is 1.78. The zero-order valence-corrected chi connectivity index (χ0v) is 17.4. The van der Waals surface area contributed by atoms with E-state index in [2.05, 4.69) is 5.32 Å². The lowest BCUT2D eigenvalue weighted by molar-refractivity contribution is -0.121. The van der Waals surface area contributed by atoms with Crippen LogP contribution in [0.1, 0.15) is 34.8 Å². The van der Waals surface area contributed by atoms with Crippen molar-refractivity contribution >= 4 is 5.91 Å². The summed E-state index contributed by atoms with van der Waals surface area (Å²) in [6.07, 6.45) is 0.480. The maximum atomic E-state index is 13.0. The highest BCUT2D eigenvalue weighted by Gasteiger charge is 2.25. The average Bonchev–Trinajstić information content (AvgIpc) is 2.74. The summed E-state index contributed by atoms with van der Waals surface area (Å²) in [6, 6.07) is 14.4. The second-order valence-corrected chi connectivity index (χ2v) is 7.20. The summed E-state index contributed by atoms with van der Waals surface area (Å²) >= 11 is 0. The number of aryl methyl sites for hydroxylation is 1. The third-order valence-corrected chi connectivity index (χ3v) is 4.99. The molecule has 0 aliphatic heterocycles. The minimum absolute atomic E-state index is 0.0319. The van der Waals surface area contributed by atoms with Crippen molar-refractivity contribution in [3.05, 3.63) is 93.3 Å². The Labute approximate surface area is 179 Å². The van der Waals surface area contributed by atoms with Crippen molar-refractivity contribution in [3.63, 3.8) is 0 Å². The zero-order valence-electron chi connectivity index (χ0n) is 17.4. The molecular formula is C24H24FNO5. The molecule has 3 rings (SSSR count). The van der Waals surface area contributed by atoms with Gasteiger partial charge in [0.1, 0.15) is 23.1 Å². The Hall–Kier alpha value is -3.61. The second-order valence-electron chi connectivity index (χ2n) is 7.20. The van der Waals surface area contributed by atoms with Crippen molar-refractivity contribution < 1.29 is 23.4 Å². The lowest BCUT2D eigenvalue weighted by Crippen LogP contribution is -2.28. The van der Waals surface area contributed by atoms with Crippen LogP contribution in [0.2, 0.25) is 0 Å². The first-order chi connectivity index (χ1) is 14.9. The Kier molecular flexibility index (Phi) is 7.07. The highest BCUT2D eigenvalue weighted by molar-refractivity contribution is 5.77. The molecule has 0 saturated heterocycles. The Morgan fingerprint density at radius 3 is 2.45 bits per heavy atom. The van der Waals surface area contributed by atoms with Crippen LogP contribution in [0.4, 0.5) is 4.39 Å².